The Balaban J connectivity index is 1.62. The minimum absolute atomic E-state index is 0.126. The molecule has 3 aromatic rings. The Morgan fingerprint density at radius 2 is 2.23 bits per heavy atom. The zero-order valence-corrected chi connectivity index (χ0v) is 12.7. The van der Waals surface area contributed by atoms with Crippen LogP contribution in [0.3, 0.4) is 0 Å². The van der Waals surface area contributed by atoms with Crippen LogP contribution in [0.1, 0.15) is 26.8 Å². The molecule has 1 saturated carbocycles. The maximum Gasteiger partial charge on any atom is 0.0595 e. The van der Waals surface area contributed by atoms with Gasteiger partial charge in [-0.05, 0) is 48.7 Å². The molecule has 0 saturated heterocycles. The number of fused-ring (bicyclic) bond motifs is 3. The Bertz CT molecular complexity index is 962. The molecule has 3 heterocycles. The lowest BCUT2D eigenvalue weighted by atomic mass is 10.0. The molecule has 5 rings (SSSR count). The average molecular weight is 312 g/mol. The molecule has 2 aliphatic rings. The molecule has 1 aliphatic heterocycles. The Kier molecular flexibility index (Phi) is 2.07. The largest absolute Gasteiger partial charge is 0.363 e. The molecule has 3 nitrogen and oxygen atoms in total. The number of aromatic amines is 1. The van der Waals surface area contributed by atoms with Crippen LogP contribution in [0.4, 0.5) is 5.69 Å². The number of nitrogens with zero attached hydrogens (tertiary/aromatic N) is 2. The number of anilines is 1. The third-order valence-corrected chi connectivity index (χ3v) is 5.05. The molecule has 4 heteroatoms. The van der Waals surface area contributed by atoms with Crippen molar-refractivity contribution in [3.63, 3.8) is 0 Å². The van der Waals surface area contributed by atoms with Gasteiger partial charge in [-0.15, -0.1) is 0 Å². The van der Waals surface area contributed by atoms with Crippen molar-refractivity contribution in [3.8, 4) is 0 Å². The highest BCUT2D eigenvalue weighted by Gasteiger charge is 2.51. The maximum absolute atomic E-state index is 8.79. The number of aromatic nitrogens is 2. The van der Waals surface area contributed by atoms with Crippen molar-refractivity contribution < 1.29 is 2.74 Å². The Morgan fingerprint density at radius 1 is 1.32 bits per heavy atom. The van der Waals surface area contributed by atoms with E-state index < -0.39 is 6.50 Å². The van der Waals surface area contributed by atoms with E-state index in [4.69, 9.17) is 14.3 Å². The highest BCUT2D eigenvalue weighted by atomic mass is 35.5. The third kappa shape index (κ3) is 1.78. The monoisotopic (exact) mass is 311 g/mol. The van der Waals surface area contributed by atoms with Crippen molar-refractivity contribution in [2.24, 2.45) is 0 Å². The summed E-state index contributed by atoms with van der Waals surface area (Å²) in [5.41, 5.74) is 3.72. The SMILES string of the molecule is [2H]C([2H])(c1cc2cc(Cl)ccc2[nH]1)N1CC2(CC2)c2ccncc21. The number of hydrogen-bond donors (Lipinski definition) is 1. The second-order valence-corrected chi connectivity index (χ2v) is 6.72. The van der Waals surface area contributed by atoms with Crippen LogP contribution in [0.15, 0.2) is 42.7 Å². The summed E-state index contributed by atoms with van der Waals surface area (Å²) in [5, 5.41) is 1.58. The van der Waals surface area contributed by atoms with Crippen molar-refractivity contribution in [3.05, 3.63) is 59.0 Å². The number of hydrogen-bond acceptors (Lipinski definition) is 2. The van der Waals surface area contributed by atoms with E-state index in [1.54, 1.807) is 6.20 Å². The molecule has 1 aliphatic carbocycles. The lowest BCUT2D eigenvalue weighted by Crippen LogP contribution is -2.24. The summed E-state index contributed by atoms with van der Waals surface area (Å²) in [6.07, 6.45) is 5.85. The standard InChI is InChI=1S/C18H16ClN3/c19-13-1-2-16-12(7-13)8-14(21-16)10-22-11-18(4-5-18)15-3-6-20-9-17(15)22/h1-3,6-9,21H,4-5,10-11H2/i10D2. The van der Waals surface area contributed by atoms with Gasteiger partial charge >= 0.3 is 0 Å². The Morgan fingerprint density at radius 3 is 3.09 bits per heavy atom. The van der Waals surface area contributed by atoms with E-state index >= 15 is 0 Å². The zero-order valence-electron chi connectivity index (χ0n) is 13.9. The molecule has 0 amide bonds. The van der Waals surface area contributed by atoms with Gasteiger partial charge in [0.25, 0.3) is 0 Å². The molecule has 0 atom stereocenters. The van der Waals surface area contributed by atoms with Gasteiger partial charge in [0.1, 0.15) is 0 Å². The van der Waals surface area contributed by atoms with Gasteiger partial charge in [-0.1, -0.05) is 11.6 Å². The first-order valence-corrected chi connectivity index (χ1v) is 7.88. The normalized spacial score (nSPS) is 20.1. The molecular formula is C18H16ClN3. The van der Waals surface area contributed by atoms with Gasteiger partial charge in [0.15, 0.2) is 0 Å². The van der Waals surface area contributed by atoms with Gasteiger partial charge in [-0.2, -0.15) is 0 Å². The predicted molar refractivity (Wildman–Crippen MR) is 89.5 cm³/mol. The number of halogens is 1. The van der Waals surface area contributed by atoms with E-state index in [1.165, 1.54) is 5.56 Å². The van der Waals surface area contributed by atoms with Crippen LogP contribution in [-0.2, 0) is 11.9 Å². The Labute approximate surface area is 136 Å². The molecule has 0 unspecified atom stereocenters. The summed E-state index contributed by atoms with van der Waals surface area (Å²) < 4.78 is 17.6. The highest BCUT2D eigenvalue weighted by molar-refractivity contribution is 6.31. The van der Waals surface area contributed by atoms with Crippen LogP contribution in [0, 0.1) is 0 Å². The number of nitrogens with one attached hydrogen (secondary N) is 1. The number of pyridine rings is 1. The predicted octanol–water partition coefficient (Wildman–Crippen LogP) is 4.27. The number of benzene rings is 1. The van der Waals surface area contributed by atoms with Crippen LogP contribution in [0.5, 0.6) is 0 Å². The van der Waals surface area contributed by atoms with Gasteiger partial charge in [0.05, 0.1) is 21.1 Å². The van der Waals surface area contributed by atoms with E-state index in [9.17, 15) is 0 Å². The quantitative estimate of drug-likeness (QED) is 0.766. The van der Waals surface area contributed by atoms with Crippen molar-refractivity contribution >= 4 is 28.2 Å². The first-order chi connectivity index (χ1) is 11.5. The average Bonchev–Trinajstić information content (AvgIpc) is 3.08. The van der Waals surface area contributed by atoms with Gasteiger partial charge in [-0.3, -0.25) is 4.98 Å². The first-order valence-electron chi connectivity index (χ1n) is 8.51. The van der Waals surface area contributed by atoms with Crippen LogP contribution in [0.2, 0.25) is 5.02 Å². The van der Waals surface area contributed by atoms with E-state index in [0.717, 1.165) is 29.4 Å². The molecule has 1 aromatic carbocycles. The summed E-state index contributed by atoms with van der Waals surface area (Å²) in [5.74, 6) is 0. The summed E-state index contributed by atoms with van der Waals surface area (Å²) in [4.78, 5) is 9.30. The summed E-state index contributed by atoms with van der Waals surface area (Å²) >= 11 is 6.06. The molecule has 0 bridgehead atoms. The third-order valence-electron chi connectivity index (χ3n) is 4.81. The summed E-state index contributed by atoms with van der Waals surface area (Å²) in [6.45, 7) is -0.924. The fourth-order valence-electron chi connectivity index (χ4n) is 3.51. The van der Waals surface area contributed by atoms with E-state index in [-0.39, 0.29) is 5.41 Å². The molecule has 1 spiro atoms. The fourth-order valence-corrected chi connectivity index (χ4v) is 3.69. The van der Waals surface area contributed by atoms with Crippen molar-refractivity contribution in [2.75, 3.05) is 11.4 Å². The number of rotatable bonds is 2. The topological polar surface area (TPSA) is 31.9 Å². The molecule has 2 aromatic heterocycles. The second kappa shape index (κ2) is 4.26. The smallest absolute Gasteiger partial charge is 0.0595 e. The molecular weight excluding hydrogens is 294 g/mol. The second-order valence-electron chi connectivity index (χ2n) is 6.29. The Hall–Kier alpha value is -2.00. The van der Waals surface area contributed by atoms with Gasteiger partial charge in [0, 0.05) is 39.8 Å². The van der Waals surface area contributed by atoms with Crippen molar-refractivity contribution in [1.82, 2.24) is 9.97 Å². The number of H-pyrrole nitrogens is 1. The van der Waals surface area contributed by atoms with Gasteiger partial charge < -0.3 is 9.88 Å². The van der Waals surface area contributed by atoms with Crippen LogP contribution in [-0.4, -0.2) is 16.5 Å². The van der Waals surface area contributed by atoms with Crippen molar-refractivity contribution in [1.29, 1.82) is 0 Å². The van der Waals surface area contributed by atoms with Gasteiger partial charge in [-0.25, -0.2) is 0 Å². The van der Waals surface area contributed by atoms with Crippen LogP contribution in [0.25, 0.3) is 10.9 Å². The van der Waals surface area contributed by atoms with E-state index in [0.29, 0.717) is 17.3 Å². The molecule has 110 valence electrons. The van der Waals surface area contributed by atoms with Gasteiger partial charge in [0.2, 0.25) is 0 Å². The fraction of sp³-hybridized carbons (Fsp3) is 0.278. The lowest BCUT2D eigenvalue weighted by Gasteiger charge is -2.18. The molecule has 1 fully saturated rings. The highest BCUT2D eigenvalue weighted by Crippen LogP contribution is 2.56. The minimum atomic E-state index is -1.63. The van der Waals surface area contributed by atoms with Crippen molar-refractivity contribution in [2.45, 2.75) is 24.8 Å². The van der Waals surface area contributed by atoms with E-state index in [1.807, 2.05) is 41.4 Å². The van der Waals surface area contributed by atoms with E-state index in [2.05, 4.69) is 9.97 Å². The molecule has 22 heavy (non-hydrogen) atoms. The maximum atomic E-state index is 8.79. The van der Waals surface area contributed by atoms with Crippen LogP contribution >= 0.6 is 11.6 Å². The molecule has 1 N–H and O–H groups in total. The van der Waals surface area contributed by atoms with Crippen LogP contribution < -0.4 is 4.90 Å². The zero-order chi connectivity index (χ0) is 16.5. The lowest BCUT2D eigenvalue weighted by molar-refractivity contribution is 0.691. The molecule has 0 radical (unpaired) electrons. The summed E-state index contributed by atoms with van der Waals surface area (Å²) in [7, 11) is 0. The minimum Gasteiger partial charge on any atom is -0.363 e. The summed E-state index contributed by atoms with van der Waals surface area (Å²) in [6, 6.07) is 9.46. The first kappa shape index (κ1) is 10.7.